The smallest absolute Gasteiger partial charge is 0.126 e. The van der Waals surface area contributed by atoms with E-state index < -0.39 is 0 Å². The second-order valence-electron chi connectivity index (χ2n) is 4.10. The topological polar surface area (TPSA) is 21.3 Å². The molecule has 1 aromatic carbocycles. The van der Waals surface area contributed by atoms with E-state index in [0.717, 1.165) is 18.7 Å². The van der Waals surface area contributed by atoms with Crippen molar-refractivity contribution in [2.75, 3.05) is 13.1 Å². The highest BCUT2D eigenvalue weighted by Gasteiger charge is 2.20. The molecule has 2 atom stereocenters. The van der Waals surface area contributed by atoms with E-state index in [9.17, 15) is 4.39 Å². The molecule has 0 spiro atoms. The van der Waals surface area contributed by atoms with Gasteiger partial charge >= 0.3 is 0 Å². The summed E-state index contributed by atoms with van der Waals surface area (Å²) in [5.74, 6) is -0.157. The summed E-state index contributed by atoms with van der Waals surface area (Å²) in [5, 5.41) is 3.30. The Kier molecular flexibility index (Phi) is 3.03. The first-order valence-corrected chi connectivity index (χ1v) is 5.29. The lowest BCUT2D eigenvalue weighted by molar-refractivity contribution is -0.0287. The van der Waals surface area contributed by atoms with Crippen LogP contribution < -0.4 is 5.32 Å². The van der Waals surface area contributed by atoms with Crippen molar-refractivity contribution in [2.45, 2.75) is 26.1 Å². The second-order valence-corrected chi connectivity index (χ2v) is 4.10. The largest absolute Gasteiger partial charge is 0.368 e. The fraction of sp³-hybridized carbons (Fsp3) is 0.500. The van der Waals surface area contributed by atoms with Crippen LogP contribution in [0.5, 0.6) is 0 Å². The average molecular weight is 209 g/mol. The highest BCUT2D eigenvalue weighted by Crippen LogP contribution is 2.22. The van der Waals surface area contributed by atoms with Gasteiger partial charge < -0.3 is 10.1 Å². The molecule has 1 saturated heterocycles. The molecule has 0 aliphatic carbocycles. The van der Waals surface area contributed by atoms with Crippen molar-refractivity contribution < 1.29 is 9.13 Å². The summed E-state index contributed by atoms with van der Waals surface area (Å²) in [4.78, 5) is 0. The van der Waals surface area contributed by atoms with Crippen LogP contribution in [0, 0.1) is 12.7 Å². The Morgan fingerprint density at radius 3 is 2.87 bits per heavy atom. The van der Waals surface area contributed by atoms with Crippen molar-refractivity contribution >= 4 is 0 Å². The molecule has 0 aromatic heterocycles. The van der Waals surface area contributed by atoms with E-state index in [1.165, 1.54) is 6.07 Å². The van der Waals surface area contributed by atoms with Gasteiger partial charge in [-0.2, -0.15) is 0 Å². The predicted octanol–water partition coefficient (Wildman–Crippen LogP) is 2.18. The molecule has 0 bridgehead atoms. The van der Waals surface area contributed by atoms with Crippen molar-refractivity contribution in [1.29, 1.82) is 0 Å². The van der Waals surface area contributed by atoms with Crippen LogP contribution in [0.1, 0.15) is 24.2 Å². The molecule has 2 rings (SSSR count). The van der Waals surface area contributed by atoms with Gasteiger partial charge in [-0.3, -0.25) is 0 Å². The first kappa shape index (κ1) is 10.6. The molecule has 3 heteroatoms. The summed E-state index contributed by atoms with van der Waals surface area (Å²) in [6, 6.07) is 5.17. The van der Waals surface area contributed by atoms with Crippen LogP contribution in [0.2, 0.25) is 0 Å². The van der Waals surface area contributed by atoms with Gasteiger partial charge in [-0.05, 0) is 31.0 Å². The molecule has 1 N–H and O–H groups in total. The van der Waals surface area contributed by atoms with E-state index in [0.29, 0.717) is 5.56 Å². The van der Waals surface area contributed by atoms with Crippen molar-refractivity contribution in [2.24, 2.45) is 0 Å². The van der Waals surface area contributed by atoms with Crippen molar-refractivity contribution in [3.05, 3.63) is 35.1 Å². The molecule has 1 aliphatic heterocycles. The molecular weight excluding hydrogens is 193 g/mol. The van der Waals surface area contributed by atoms with Gasteiger partial charge in [-0.1, -0.05) is 12.1 Å². The molecular formula is C12H16FNO. The highest BCUT2D eigenvalue weighted by atomic mass is 19.1. The summed E-state index contributed by atoms with van der Waals surface area (Å²) >= 11 is 0. The zero-order valence-electron chi connectivity index (χ0n) is 9.09. The normalized spacial score (nSPS) is 26.6. The standard InChI is InChI=1S/C12H16FNO/c1-8-5-10(3-4-11(8)13)12-7-14-6-9(2)15-12/h3-5,9,12,14H,6-7H2,1-2H3. The molecule has 0 radical (unpaired) electrons. The van der Waals surface area contributed by atoms with Crippen LogP contribution in [-0.2, 0) is 4.74 Å². The van der Waals surface area contributed by atoms with E-state index in [1.54, 1.807) is 13.0 Å². The van der Waals surface area contributed by atoms with Gasteiger partial charge in [0.05, 0.1) is 12.2 Å². The lowest BCUT2D eigenvalue weighted by Gasteiger charge is -2.29. The number of benzene rings is 1. The Bertz CT molecular complexity index is 353. The zero-order valence-corrected chi connectivity index (χ0v) is 9.09. The van der Waals surface area contributed by atoms with E-state index in [-0.39, 0.29) is 18.0 Å². The third kappa shape index (κ3) is 2.36. The second kappa shape index (κ2) is 4.29. The van der Waals surface area contributed by atoms with Crippen LogP contribution in [0.15, 0.2) is 18.2 Å². The number of morpholine rings is 1. The number of rotatable bonds is 1. The molecule has 82 valence electrons. The van der Waals surface area contributed by atoms with Crippen LogP contribution in [-0.4, -0.2) is 19.2 Å². The summed E-state index contributed by atoms with van der Waals surface area (Å²) < 4.78 is 18.9. The summed E-state index contributed by atoms with van der Waals surface area (Å²) in [6.07, 6.45) is 0.266. The zero-order chi connectivity index (χ0) is 10.8. The lowest BCUT2D eigenvalue weighted by Crippen LogP contribution is -2.38. The minimum absolute atomic E-state index is 0.0491. The summed E-state index contributed by atoms with van der Waals surface area (Å²) in [7, 11) is 0. The van der Waals surface area contributed by atoms with Gasteiger partial charge in [0.2, 0.25) is 0 Å². The van der Waals surface area contributed by atoms with E-state index in [1.807, 2.05) is 13.0 Å². The molecule has 2 nitrogen and oxygen atoms in total. The Hall–Kier alpha value is -0.930. The SMILES string of the molecule is Cc1cc(C2CNCC(C)O2)ccc1F. The minimum Gasteiger partial charge on any atom is -0.368 e. The van der Waals surface area contributed by atoms with Crippen LogP contribution in [0.3, 0.4) is 0 Å². The number of ether oxygens (including phenoxy) is 1. The van der Waals surface area contributed by atoms with Crippen LogP contribution >= 0.6 is 0 Å². The maximum Gasteiger partial charge on any atom is 0.126 e. The van der Waals surface area contributed by atoms with Gasteiger partial charge in [0.1, 0.15) is 5.82 Å². The molecule has 2 unspecified atom stereocenters. The first-order chi connectivity index (χ1) is 7.16. The maximum atomic E-state index is 13.1. The predicted molar refractivity (Wildman–Crippen MR) is 57.3 cm³/mol. The summed E-state index contributed by atoms with van der Waals surface area (Å²) in [6.45, 7) is 5.50. The fourth-order valence-electron chi connectivity index (χ4n) is 1.86. The fourth-order valence-corrected chi connectivity index (χ4v) is 1.86. The van der Waals surface area contributed by atoms with Gasteiger partial charge in [-0.25, -0.2) is 4.39 Å². The lowest BCUT2D eigenvalue weighted by atomic mass is 10.0. The van der Waals surface area contributed by atoms with Crippen molar-refractivity contribution in [3.8, 4) is 0 Å². The molecule has 1 fully saturated rings. The number of nitrogens with one attached hydrogen (secondary N) is 1. The van der Waals surface area contributed by atoms with Gasteiger partial charge in [0.25, 0.3) is 0 Å². The highest BCUT2D eigenvalue weighted by molar-refractivity contribution is 5.26. The Morgan fingerprint density at radius 1 is 1.40 bits per heavy atom. The number of hydrogen-bond donors (Lipinski definition) is 1. The number of hydrogen-bond acceptors (Lipinski definition) is 2. The van der Waals surface area contributed by atoms with Gasteiger partial charge in [0.15, 0.2) is 0 Å². The third-order valence-corrected chi connectivity index (χ3v) is 2.71. The molecule has 0 saturated carbocycles. The molecule has 1 aromatic rings. The quantitative estimate of drug-likeness (QED) is 0.765. The Balaban J connectivity index is 2.18. The minimum atomic E-state index is -0.157. The Morgan fingerprint density at radius 2 is 2.20 bits per heavy atom. The van der Waals surface area contributed by atoms with Crippen molar-refractivity contribution in [3.63, 3.8) is 0 Å². The average Bonchev–Trinajstić information content (AvgIpc) is 2.22. The molecule has 1 heterocycles. The number of aryl methyl sites for hydroxylation is 1. The Labute approximate surface area is 89.4 Å². The third-order valence-electron chi connectivity index (χ3n) is 2.71. The van der Waals surface area contributed by atoms with E-state index in [4.69, 9.17) is 4.74 Å². The first-order valence-electron chi connectivity index (χ1n) is 5.29. The van der Waals surface area contributed by atoms with Gasteiger partial charge in [0, 0.05) is 13.1 Å². The molecule has 1 aliphatic rings. The van der Waals surface area contributed by atoms with Crippen molar-refractivity contribution in [1.82, 2.24) is 5.32 Å². The maximum absolute atomic E-state index is 13.1. The monoisotopic (exact) mass is 209 g/mol. The van der Waals surface area contributed by atoms with E-state index >= 15 is 0 Å². The number of halogens is 1. The molecule has 0 amide bonds. The van der Waals surface area contributed by atoms with Gasteiger partial charge in [-0.15, -0.1) is 0 Å². The van der Waals surface area contributed by atoms with E-state index in [2.05, 4.69) is 5.32 Å². The van der Waals surface area contributed by atoms with Crippen LogP contribution in [0.4, 0.5) is 4.39 Å². The van der Waals surface area contributed by atoms with Crippen LogP contribution in [0.25, 0.3) is 0 Å². The summed E-state index contributed by atoms with van der Waals surface area (Å²) in [5.41, 5.74) is 1.72. The molecule has 15 heavy (non-hydrogen) atoms.